The highest BCUT2D eigenvalue weighted by atomic mass is 35.5. The van der Waals surface area contributed by atoms with Crippen LogP contribution in [-0.2, 0) is 11.3 Å². The first-order valence-electron chi connectivity index (χ1n) is 6.44. The Kier molecular flexibility index (Phi) is 7.23. The second-order valence-electron chi connectivity index (χ2n) is 5.05. The molecule has 0 heterocycles. The molecule has 1 aromatic carbocycles. The molecule has 3 N–H and O–H groups in total. The lowest BCUT2D eigenvalue weighted by Gasteiger charge is -2.18. The highest BCUT2D eigenvalue weighted by molar-refractivity contribution is 6.30. The van der Waals surface area contributed by atoms with Crippen LogP contribution in [0.4, 0.5) is 0 Å². The molecule has 20 heavy (non-hydrogen) atoms. The van der Waals surface area contributed by atoms with Gasteiger partial charge < -0.3 is 20.3 Å². The minimum absolute atomic E-state index is 0. The van der Waals surface area contributed by atoms with E-state index in [4.69, 9.17) is 16.3 Å². The minimum Gasteiger partial charge on any atom is -0.390 e. The lowest BCUT2D eigenvalue weighted by atomic mass is 10.1. The normalized spacial score (nSPS) is 29.2. The summed E-state index contributed by atoms with van der Waals surface area (Å²) < 4.78 is 5.06. The molecule has 6 heteroatoms. The predicted octanol–water partition coefficient (Wildman–Crippen LogP) is 1.61. The Morgan fingerprint density at radius 3 is 2.75 bits per heavy atom. The van der Waals surface area contributed by atoms with Crippen molar-refractivity contribution in [2.24, 2.45) is 5.92 Å². The molecule has 0 unspecified atom stereocenters. The number of aliphatic hydroxyl groups is 2. The van der Waals surface area contributed by atoms with E-state index >= 15 is 0 Å². The van der Waals surface area contributed by atoms with Gasteiger partial charge in [0.2, 0.25) is 0 Å². The standard InChI is InChI=1S/C14H20ClNO3.ClH/c1-19-8-10-6-12(14(18)13(10)17)16-7-9-3-2-4-11(15)5-9;/h2-5,10,12-14,16-18H,6-8H2,1H3;1H/t10-,12-,13-,14+;/m1./s1. The summed E-state index contributed by atoms with van der Waals surface area (Å²) >= 11 is 5.92. The van der Waals surface area contributed by atoms with Crippen LogP contribution in [0.1, 0.15) is 12.0 Å². The number of halogens is 2. The van der Waals surface area contributed by atoms with Gasteiger partial charge in [-0.05, 0) is 24.1 Å². The van der Waals surface area contributed by atoms with Gasteiger partial charge in [-0.2, -0.15) is 0 Å². The van der Waals surface area contributed by atoms with E-state index in [1.807, 2.05) is 24.3 Å². The van der Waals surface area contributed by atoms with Crippen LogP contribution in [0.2, 0.25) is 5.02 Å². The fraction of sp³-hybridized carbons (Fsp3) is 0.571. The van der Waals surface area contributed by atoms with Crippen LogP contribution in [0.5, 0.6) is 0 Å². The van der Waals surface area contributed by atoms with E-state index in [-0.39, 0.29) is 24.4 Å². The molecule has 0 spiro atoms. The van der Waals surface area contributed by atoms with Crippen LogP contribution in [0.15, 0.2) is 24.3 Å². The molecular formula is C14H21Cl2NO3. The Morgan fingerprint density at radius 2 is 2.10 bits per heavy atom. The van der Waals surface area contributed by atoms with Crippen molar-refractivity contribution in [3.63, 3.8) is 0 Å². The van der Waals surface area contributed by atoms with E-state index in [1.54, 1.807) is 7.11 Å². The summed E-state index contributed by atoms with van der Waals surface area (Å²) in [5, 5.41) is 23.9. The topological polar surface area (TPSA) is 61.7 Å². The summed E-state index contributed by atoms with van der Waals surface area (Å²) in [4.78, 5) is 0. The van der Waals surface area contributed by atoms with Gasteiger partial charge in [0, 0.05) is 30.6 Å². The molecule has 0 amide bonds. The van der Waals surface area contributed by atoms with Gasteiger partial charge in [0.1, 0.15) is 0 Å². The van der Waals surface area contributed by atoms with Crippen LogP contribution in [0.25, 0.3) is 0 Å². The molecule has 0 radical (unpaired) electrons. The monoisotopic (exact) mass is 321 g/mol. The third-order valence-corrected chi connectivity index (χ3v) is 3.88. The highest BCUT2D eigenvalue weighted by Crippen LogP contribution is 2.27. The first-order chi connectivity index (χ1) is 9.11. The average molecular weight is 322 g/mol. The molecule has 1 aliphatic carbocycles. The van der Waals surface area contributed by atoms with Gasteiger partial charge in [-0.25, -0.2) is 0 Å². The Bertz CT molecular complexity index is 419. The fourth-order valence-electron chi connectivity index (χ4n) is 2.60. The van der Waals surface area contributed by atoms with E-state index in [0.29, 0.717) is 24.6 Å². The second kappa shape index (κ2) is 8.17. The smallest absolute Gasteiger partial charge is 0.0955 e. The summed E-state index contributed by atoms with van der Waals surface area (Å²) in [6.45, 7) is 1.09. The fourth-order valence-corrected chi connectivity index (χ4v) is 2.82. The van der Waals surface area contributed by atoms with Crippen molar-refractivity contribution in [2.75, 3.05) is 13.7 Å². The molecule has 1 saturated carbocycles. The second-order valence-corrected chi connectivity index (χ2v) is 5.49. The molecule has 0 bridgehead atoms. The summed E-state index contributed by atoms with van der Waals surface area (Å²) in [6.07, 6.45) is -0.771. The summed E-state index contributed by atoms with van der Waals surface area (Å²) in [5.74, 6) is -0.0168. The number of benzene rings is 1. The van der Waals surface area contributed by atoms with Gasteiger partial charge in [-0.1, -0.05) is 23.7 Å². The molecule has 1 fully saturated rings. The van der Waals surface area contributed by atoms with Crippen molar-refractivity contribution in [2.45, 2.75) is 31.2 Å². The number of hydrogen-bond donors (Lipinski definition) is 3. The minimum atomic E-state index is -0.751. The number of nitrogens with one attached hydrogen (secondary N) is 1. The van der Waals surface area contributed by atoms with Gasteiger partial charge >= 0.3 is 0 Å². The SMILES string of the molecule is COC[C@H]1C[C@@H](NCc2cccc(Cl)c2)[C@H](O)[C@@H]1O.Cl. The molecule has 2 rings (SSSR count). The van der Waals surface area contributed by atoms with Gasteiger partial charge in [-0.3, -0.25) is 0 Å². The van der Waals surface area contributed by atoms with Crippen LogP contribution in [0.3, 0.4) is 0 Å². The van der Waals surface area contributed by atoms with Crippen molar-refractivity contribution >= 4 is 24.0 Å². The lowest BCUT2D eigenvalue weighted by molar-refractivity contribution is -0.00597. The Morgan fingerprint density at radius 1 is 1.35 bits per heavy atom. The first-order valence-corrected chi connectivity index (χ1v) is 6.82. The molecule has 4 atom stereocenters. The zero-order valence-corrected chi connectivity index (χ0v) is 12.9. The van der Waals surface area contributed by atoms with E-state index in [0.717, 1.165) is 5.56 Å². The number of aliphatic hydroxyl groups excluding tert-OH is 2. The van der Waals surface area contributed by atoms with Gasteiger partial charge in [0.25, 0.3) is 0 Å². The highest BCUT2D eigenvalue weighted by Gasteiger charge is 2.40. The van der Waals surface area contributed by atoms with Crippen molar-refractivity contribution in [1.82, 2.24) is 5.32 Å². The summed E-state index contributed by atoms with van der Waals surface area (Å²) in [7, 11) is 1.60. The van der Waals surface area contributed by atoms with Crippen LogP contribution in [0, 0.1) is 5.92 Å². The number of methoxy groups -OCH3 is 1. The van der Waals surface area contributed by atoms with E-state index in [2.05, 4.69) is 5.32 Å². The zero-order valence-electron chi connectivity index (χ0n) is 11.3. The third-order valence-electron chi connectivity index (χ3n) is 3.64. The quantitative estimate of drug-likeness (QED) is 0.771. The number of hydrogen-bond acceptors (Lipinski definition) is 4. The largest absolute Gasteiger partial charge is 0.390 e. The average Bonchev–Trinajstić information content (AvgIpc) is 2.65. The Hall–Kier alpha value is -0.360. The van der Waals surface area contributed by atoms with Crippen molar-refractivity contribution in [1.29, 1.82) is 0 Å². The maximum atomic E-state index is 9.99. The lowest BCUT2D eigenvalue weighted by Crippen LogP contribution is -2.39. The van der Waals surface area contributed by atoms with E-state index in [1.165, 1.54) is 0 Å². The maximum absolute atomic E-state index is 9.99. The van der Waals surface area contributed by atoms with Crippen molar-refractivity contribution in [3.05, 3.63) is 34.9 Å². The van der Waals surface area contributed by atoms with Gasteiger partial charge in [0.05, 0.1) is 18.8 Å². The molecule has 114 valence electrons. The van der Waals surface area contributed by atoms with Gasteiger partial charge in [-0.15, -0.1) is 12.4 Å². The van der Waals surface area contributed by atoms with Crippen LogP contribution < -0.4 is 5.32 Å². The van der Waals surface area contributed by atoms with Crippen molar-refractivity contribution in [3.8, 4) is 0 Å². The molecule has 0 aliphatic heterocycles. The Labute approximate surface area is 130 Å². The number of rotatable bonds is 5. The molecule has 0 saturated heterocycles. The van der Waals surface area contributed by atoms with Gasteiger partial charge in [0.15, 0.2) is 0 Å². The van der Waals surface area contributed by atoms with Crippen molar-refractivity contribution < 1.29 is 14.9 Å². The van der Waals surface area contributed by atoms with Crippen LogP contribution in [-0.4, -0.2) is 42.2 Å². The zero-order chi connectivity index (χ0) is 13.8. The first kappa shape index (κ1) is 17.7. The summed E-state index contributed by atoms with van der Waals surface area (Å²) in [5.41, 5.74) is 1.06. The number of ether oxygens (including phenoxy) is 1. The maximum Gasteiger partial charge on any atom is 0.0955 e. The molecule has 4 nitrogen and oxygen atoms in total. The van der Waals surface area contributed by atoms with E-state index < -0.39 is 12.2 Å². The Balaban J connectivity index is 0.00000200. The molecule has 0 aromatic heterocycles. The molecule has 1 aliphatic rings. The van der Waals surface area contributed by atoms with E-state index in [9.17, 15) is 10.2 Å². The predicted molar refractivity (Wildman–Crippen MR) is 81.3 cm³/mol. The molecular weight excluding hydrogens is 301 g/mol. The summed E-state index contributed by atoms with van der Waals surface area (Å²) in [6, 6.07) is 7.47. The molecule has 1 aromatic rings. The third kappa shape index (κ3) is 4.32. The van der Waals surface area contributed by atoms with Crippen LogP contribution >= 0.6 is 24.0 Å².